The number of methoxy groups -OCH3 is 1. The van der Waals surface area contributed by atoms with Gasteiger partial charge in [-0.25, -0.2) is 0 Å². The van der Waals surface area contributed by atoms with E-state index in [0.29, 0.717) is 12.2 Å². The summed E-state index contributed by atoms with van der Waals surface area (Å²) in [5.41, 5.74) is -1.67. The molecule has 0 bridgehead atoms. The number of ether oxygens (including phenoxy) is 1. The maximum Gasteiger partial charge on any atom is 0.416 e. The van der Waals surface area contributed by atoms with Gasteiger partial charge in [-0.3, -0.25) is 4.90 Å². The second-order valence-electron chi connectivity index (χ2n) is 8.05. The number of nitrogens with zero attached hydrogens (tertiary/aromatic N) is 2. The van der Waals surface area contributed by atoms with E-state index in [0.717, 1.165) is 43.9 Å². The molecule has 1 atom stereocenters. The van der Waals surface area contributed by atoms with E-state index in [1.54, 1.807) is 7.11 Å². The molecule has 9 heteroatoms. The first kappa shape index (κ1) is 24.4. The smallest absolute Gasteiger partial charge is 0.416 e. The molecule has 1 fully saturated rings. The van der Waals surface area contributed by atoms with Gasteiger partial charge in [0.2, 0.25) is 0 Å². The van der Waals surface area contributed by atoms with Crippen molar-refractivity contribution in [3.63, 3.8) is 0 Å². The van der Waals surface area contributed by atoms with Gasteiger partial charge in [0, 0.05) is 37.8 Å². The summed E-state index contributed by atoms with van der Waals surface area (Å²) >= 11 is 0. The lowest BCUT2D eigenvalue weighted by Crippen LogP contribution is -2.46. The Kier molecular flexibility index (Phi) is 7.39. The van der Waals surface area contributed by atoms with Crippen molar-refractivity contribution in [3.05, 3.63) is 64.7 Å². The Morgan fingerprint density at radius 1 is 0.875 bits per heavy atom. The summed E-state index contributed by atoms with van der Waals surface area (Å²) in [5, 5.41) is 0. The van der Waals surface area contributed by atoms with Gasteiger partial charge < -0.3 is 9.64 Å². The average Bonchev–Trinajstić information content (AvgIpc) is 2.74. The van der Waals surface area contributed by atoms with Crippen LogP contribution < -0.4 is 4.74 Å². The third-order valence-electron chi connectivity index (χ3n) is 5.83. The maximum atomic E-state index is 13.2. The molecule has 2 aromatic carbocycles. The number of benzene rings is 2. The van der Waals surface area contributed by atoms with E-state index in [-0.39, 0.29) is 24.1 Å². The molecule has 3 nitrogen and oxygen atoms in total. The summed E-state index contributed by atoms with van der Waals surface area (Å²) in [4.78, 5) is 4.40. The van der Waals surface area contributed by atoms with Gasteiger partial charge in [0.15, 0.2) is 0 Å². The molecule has 0 amide bonds. The molecule has 0 aromatic heterocycles. The van der Waals surface area contributed by atoms with Crippen LogP contribution >= 0.6 is 0 Å². The summed E-state index contributed by atoms with van der Waals surface area (Å²) in [6.45, 7) is 3.14. The summed E-state index contributed by atoms with van der Waals surface area (Å²) in [6.07, 6.45) is -9.27. The number of aryl methyl sites for hydroxylation is 1. The van der Waals surface area contributed by atoms with E-state index in [4.69, 9.17) is 4.74 Å². The van der Waals surface area contributed by atoms with Gasteiger partial charge in [-0.15, -0.1) is 0 Å². The van der Waals surface area contributed by atoms with E-state index in [1.807, 2.05) is 31.3 Å². The molecule has 1 heterocycles. The van der Waals surface area contributed by atoms with Gasteiger partial charge in [-0.1, -0.05) is 18.2 Å². The highest BCUT2D eigenvalue weighted by Gasteiger charge is 2.37. The van der Waals surface area contributed by atoms with E-state index in [1.165, 1.54) is 0 Å². The van der Waals surface area contributed by atoms with Gasteiger partial charge in [0.25, 0.3) is 0 Å². The summed E-state index contributed by atoms with van der Waals surface area (Å²) < 4.78 is 84.9. The lowest BCUT2D eigenvalue weighted by molar-refractivity contribution is -0.143. The van der Waals surface area contributed by atoms with Crippen molar-refractivity contribution in [2.24, 2.45) is 0 Å². The highest BCUT2D eigenvalue weighted by Crippen LogP contribution is 2.38. The molecular weight excluding hydrogens is 434 g/mol. The third-order valence-corrected chi connectivity index (χ3v) is 5.83. The first-order valence-electron chi connectivity index (χ1n) is 10.3. The summed E-state index contributed by atoms with van der Waals surface area (Å²) in [7, 11) is 3.55. The molecule has 0 aliphatic carbocycles. The van der Waals surface area contributed by atoms with Crippen molar-refractivity contribution in [1.82, 2.24) is 9.80 Å². The van der Waals surface area contributed by atoms with E-state index < -0.39 is 23.5 Å². The Labute approximate surface area is 183 Å². The predicted molar refractivity (Wildman–Crippen MR) is 110 cm³/mol. The van der Waals surface area contributed by atoms with Crippen LogP contribution in [0.15, 0.2) is 42.5 Å². The highest BCUT2D eigenvalue weighted by atomic mass is 19.4. The van der Waals surface area contributed by atoms with Crippen molar-refractivity contribution in [2.75, 3.05) is 40.3 Å². The predicted octanol–water partition coefficient (Wildman–Crippen LogP) is 5.65. The average molecular weight is 460 g/mol. The zero-order valence-electron chi connectivity index (χ0n) is 17.9. The van der Waals surface area contributed by atoms with Crippen LogP contribution in [0.1, 0.15) is 34.7 Å². The van der Waals surface area contributed by atoms with Crippen LogP contribution in [-0.4, -0.2) is 50.1 Å². The number of para-hydroxylation sites is 1. The number of rotatable bonds is 6. The Balaban J connectivity index is 1.92. The second-order valence-corrected chi connectivity index (χ2v) is 8.05. The quantitative estimate of drug-likeness (QED) is 0.518. The molecular formula is C23H26F6N2O. The summed E-state index contributed by atoms with van der Waals surface area (Å²) in [6, 6.07) is 9.00. The Bertz CT molecular complexity index is 872. The topological polar surface area (TPSA) is 15.7 Å². The normalized spacial score (nSPS) is 17.4. The number of likely N-dealkylation sites (N-methyl/N-ethyl adjacent to an activating group) is 1. The molecule has 0 saturated carbocycles. The van der Waals surface area contributed by atoms with Crippen LogP contribution in [0.2, 0.25) is 0 Å². The fourth-order valence-corrected chi connectivity index (χ4v) is 4.08. The lowest BCUT2D eigenvalue weighted by Gasteiger charge is -2.38. The SMILES string of the molecule is COc1ccccc1C(CCc1cc(C(F)(F)F)cc(C(F)(F)F)c1)N1CCN(C)CC1. The van der Waals surface area contributed by atoms with E-state index in [2.05, 4.69) is 9.80 Å². The molecule has 176 valence electrons. The molecule has 1 aliphatic heterocycles. The highest BCUT2D eigenvalue weighted by molar-refractivity contribution is 5.37. The Morgan fingerprint density at radius 2 is 1.44 bits per heavy atom. The minimum atomic E-state index is -4.85. The second kappa shape index (κ2) is 9.70. The molecule has 0 spiro atoms. The fraction of sp³-hybridized carbons (Fsp3) is 0.478. The monoisotopic (exact) mass is 460 g/mol. The fourth-order valence-electron chi connectivity index (χ4n) is 4.08. The van der Waals surface area contributed by atoms with Gasteiger partial charge in [-0.2, -0.15) is 26.3 Å². The number of alkyl halides is 6. The van der Waals surface area contributed by atoms with Crippen LogP contribution in [0.3, 0.4) is 0 Å². The Hall–Kier alpha value is -2.26. The lowest BCUT2D eigenvalue weighted by atomic mass is 9.94. The molecule has 3 rings (SSSR count). The molecule has 0 radical (unpaired) electrons. The minimum Gasteiger partial charge on any atom is -0.496 e. The number of hydrogen-bond acceptors (Lipinski definition) is 3. The molecule has 1 aliphatic rings. The summed E-state index contributed by atoms with van der Waals surface area (Å²) in [5.74, 6) is 0.649. The first-order chi connectivity index (χ1) is 15.0. The number of halogens is 6. The van der Waals surface area contributed by atoms with Crippen molar-refractivity contribution < 1.29 is 31.1 Å². The van der Waals surface area contributed by atoms with Crippen LogP contribution in [0, 0.1) is 0 Å². The van der Waals surface area contributed by atoms with Crippen LogP contribution in [-0.2, 0) is 18.8 Å². The minimum absolute atomic E-state index is 0.0150. The molecule has 32 heavy (non-hydrogen) atoms. The van der Waals surface area contributed by atoms with Crippen LogP contribution in [0.4, 0.5) is 26.3 Å². The van der Waals surface area contributed by atoms with Crippen molar-refractivity contribution >= 4 is 0 Å². The number of hydrogen-bond donors (Lipinski definition) is 0. The molecule has 1 unspecified atom stereocenters. The van der Waals surface area contributed by atoms with Gasteiger partial charge in [-0.05, 0) is 49.7 Å². The van der Waals surface area contributed by atoms with Gasteiger partial charge in [0.05, 0.1) is 18.2 Å². The number of piperazine rings is 1. The van der Waals surface area contributed by atoms with Crippen LogP contribution in [0.25, 0.3) is 0 Å². The molecule has 0 N–H and O–H groups in total. The standard InChI is InChI=1S/C23H26F6N2O/c1-30-9-11-31(12-10-30)20(19-5-3-4-6-21(19)32-2)8-7-16-13-17(22(24,25)26)15-18(14-16)23(27,28)29/h3-6,13-15,20H,7-12H2,1-2H3. The van der Waals surface area contributed by atoms with Gasteiger partial charge >= 0.3 is 12.4 Å². The zero-order valence-corrected chi connectivity index (χ0v) is 17.9. The first-order valence-corrected chi connectivity index (χ1v) is 10.3. The largest absolute Gasteiger partial charge is 0.496 e. The van der Waals surface area contributed by atoms with E-state index >= 15 is 0 Å². The third kappa shape index (κ3) is 5.95. The molecule has 1 saturated heterocycles. The van der Waals surface area contributed by atoms with Gasteiger partial charge in [0.1, 0.15) is 5.75 Å². The van der Waals surface area contributed by atoms with Crippen molar-refractivity contribution in [3.8, 4) is 5.75 Å². The Morgan fingerprint density at radius 3 is 1.97 bits per heavy atom. The maximum absolute atomic E-state index is 13.2. The molecule has 2 aromatic rings. The van der Waals surface area contributed by atoms with Crippen LogP contribution in [0.5, 0.6) is 5.75 Å². The van der Waals surface area contributed by atoms with Crippen molar-refractivity contribution in [2.45, 2.75) is 31.2 Å². The zero-order chi connectivity index (χ0) is 23.5. The van der Waals surface area contributed by atoms with E-state index in [9.17, 15) is 26.3 Å². The van der Waals surface area contributed by atoms with Crippen molar-refractivity contribution in [1.29, 1.82) is 0 Å².